The largest absolute Gasteiger partial charge is 0.383 e. The first-order valence-corrected chi connectivity index (χ1v) is 9.70. The standard InChI is InChI=1S/C18H37N5O/c1-19-18(20-8-13-22-9-4-3-5-10-22)21-16-17-6-11-23(12-7-17)14-15-24-2/h17H,3-16H2,1-2H3,(H2,19,20,21). The summed E-state index contributed by atoms with van der Waals surface area (Å²) in [5.74, 6) is 1.71. The topological polar surface area (TPSA) is 52.1 Å². The van der Waals surface area contributed by atoms with E-state index in [4.69, 9.17) is 4.74 Å². The zero-order valence-electron chi connectivity index (χ0n) is 15.7. The van der Waals surface area contributed by atoms with Gasteiger partial charge in [0.1, 0.15) is 0 Å². The first-order valence-electron chi connectivity index (χ1n) is 9.70. The van der Waals surface area contributed by atoms with E-state index in [0.717, 1.165) is 44.7 Å². The monoisotopic (exact) mass is 339 g/mol. The Morgan fingerprint density at radius 2 is 1.71 bits per heavy atom. The number of rotatable bonds is 8. The van der Waals surface area contributed by atoms with E-state index in [1.807, 2.05) is 7.05 Å². The zero-order valence-corrected chi connectivity index (χ0v) is 15.7. The van der Waals surface area contributed by atoms with E-state index in [1.54, 1.807) is 7.11 Å². The van der Waals surface area contributed by atoms with E-state index in [2.05, 4.69) is 25.4 Å². The average molecular weight is 340 g/mol. The molecule has 0 amide bonds. The molecule has 2 heterocycles. The maximum atomic E-state index is 5.16. The number of likely N-dealkylation sites (tertiary alicyclic amines) is 2. The number of nitrogens with zero attached hydrogens (tertiary/aromatic N) is 3. The zero-order chi connectivity index (χ0) is 17.0. The van der Waals surface area contributed by atoms with Crippen molar-refractivity contribution in [2.75, 3.05) is 73.1 Å². The van der Waals surface area contributed by atoms with Crippen LogP contribution in [0.2, 0.25) is 0 Å². The van der Waals surface area contributed by atoms with E-state index >= 15 is 0 Å². The summed E-state index contributed by atoms with van der Waals surface area (Å²) in [5.41, 5.74) is 0. The molecule has 2 fully saturated rings. The molecule has 6 nitrogen and oxygen atoms in total. The number of methoxy groups -OCH3 is 1. The van der Waals surface area contributed by atoms with Crippen LogP contribution in [0.25, 0.3) is 0 Å². The van der Waals surface area contributed by atoms with Gasteiger partial charge in [0.2, 0.25) is 0 Å². The highest BCUT2D eigenvalue weighted by molar-refractivity contribution is 5.79. The van der Waals surface area contributed by atoms with Crippen molar-refractivity contribution in [3.63, 3.8) is 0 Å². The molecule has 2 aliphatic rings. The number of guanidine groups is 1. The molecule has 0 aromatic rings. The van der Waals surface area contributed by atoms with E-state index < -0.39 is 0 Å². The number of aliphatic imine (C=N–C) groups is 1. The molecule has 0 saturated carbocycles. The van der Waals surface area contributed by atoms with Crippen LogP contribution in [0.3, 0.4) is 0 Å². The molecule has 24 heavy (non-hydrogen) atoms. The second-order valence-corrected chi connectivity index (χ2v) is 7.06. The Morgan fingerprint density at radius 3 is 2.38 bits per heavy atom. The van der Waals surface area contributed by atoms with Crippen LogP contribution >= 0.6 is 0 Å². The molecule has 0 aromatic carbocycles. The Hall–Kier alpha value is -0.850. The molecule has 140 valence electrons. The molecule has 0 spiro atoms. The number of hydrogen-bond donors (Lipinski definition) is 2. The summed E-state index contributed by atoms with van der Waals surface area (Å²) in [6.07, 6.45) is 6.65. The summed E-state index contributed by atoms with van der Waals surface area (Å²) in [6.45, 7) is 9.94. The lowest BCUT2D eigenvalue weighted by Crippen LogP contribution is -2.45. The molecule has 0 radical (unpaired) electrons. The predicted octanol–water partition coefficient (Wildman–Crippen LogP) is 0.996. The van der Waals surface area contributed by atoms with Gasteiger partial charge in [-0.2, -0.15) is 0 Å². The first kappa shape index (κ1) is 19.5. The molecule has 0 unspecified atom stereocenters. The molecular weight excluding hydrogens is 302 g/mol. The second-order valence-electron chi connectivity index (χ2n) is 7.06. The predicted molar refractivity (Wildman–Crippen MR) is 101 cm³/mol. The van der Waals surface area contributed by atoms with Crippen LogP contribution in [-0.2, 0) is 4.74 Å². The van der Waals surface area contributed by atoms with Crippen molar-refractivity contribution >= 4 is 5.96 Å². The molecule has 0 aromatic heterocycles. The molecule has 2 rings (SSSR count). The summed E-state index contributed by atoms with van der Waals surface area (Å²) in [7, 11) is 3.64. The minimum Gasteiger partial charge on any atom is -0.383 e. The van der Waals surface area contributed by atoms with E-state index in [1.165, 1.54) is 58.3 Å². The highest BCUT2D eigenvalue weighted by Gasteiger charge is 2.19. The van der Waals surface area contributed by atoms with Crippen molar-refractivity contribution < 1.29 is 4.74 Å². The van der Waals surface area contributed by atoms with Gasteiger partial charge in [0.05, 0.1) is 6.61 Å². The third-order valence-electron chi connectivity index (χ3n) is 5.27. The van der Waals surface area contributed by atoms with Gasteiger partial charge in [0, 0.05) is 40.3 Å². The Kier molecular flexibility index (Phi) is 9.46. The van der Waals surface area contributed by atoms with Gasteiger partial charge in [0.25, 0.3) is 0 Å². The quantitative estimate of drug-likeness (QED) is 0.510. The van der Waals surface area contributed by atoms with Gasteiger partial charge in [-0.05, 0) is 57.8 Å². The number of nitrogens with one attached hydrogen (secondary N) is 2. The lowest BCUT2D eigenvalue weighted by Gasteiger charge is -2.32. The van der Waals surface area contributed by atoms with Gasteiger partial charge < -0.3 is 25.2 Å². The van der Waals surface area contributed by atoms with Gasteiger partial charge in [-0.25, -0.2) is 0 Å². The fourth-order valence-corrected chi connectivity index (χ4v) is 3.61. The molecule has 2 aliphatic heterocycles. The molecule has 2 N–H and O–H groups in total. The van der Waals surface area contributed by atoms with E-state index in [0.29, 0.717) is 0 Å². The molecule has 2 saturated heterocycles. The third kappa shape index (κ3) is 7.36. The fraction of sp³-hybridized carbons (Fsp3) is 0.944. The summed E-state index contributed by atoms with van der Waals surface area (Å²) >= 11 is 0. The van der Waals surface area contributed by atoms with E-state index in [9.17, 15) is 0 Å². The smallest absolute Gasteiger partial charge is 0.191 e. The summed E-state index contributed by atoms with van der Waals surface area (Å²) in [5, 5.41) is 6.98. The SMILES string of the molecule is CN=C(NCCN1CCCCC1)NCC1CCN(CCOC)CC1. The maximum absolute atomic E-state index is 5.16. The van der Waals surface area contributed by atoms with Crippen molar-refractivity contribution in [3.05, 3.63) is 0 Å². The highest BCUT2D eigenvalue weighted by Crippen LogP contribution is 2.15. The summed E-state index contributed by atoms with van der Waals surface area (Å²) < 4.78 is 5.16. The van der Waals surface area contributed by atoms with Crippen molar-refractivity contribution in [1.29, 1.82) is 0 Å². The van der Waals surface area contributed by atoms with Gasteiger partial charge in [-0.3, -0.25) is 4.99 Å². The van der Waals surface area contributed by atoms with Crippen molar-refractivity contribution in [2.45, 2.75) is 32.1 Å². The van der Waals surface area contributed by atoms with Crippen LogP contribution in [0.4, 0.5) is 0 Å². The molecular formula is C18H37N5O. The van der Waals surface area contributed by atoms with Crippen molar-refractivity contribution in [1.82, 2.24) is 20.4 Å². The molecule has 0 bridgehead atoms. The fourth-order valence-electron chi connectivity index (χ4n) is 3.61. The van der Waals surface area contributed by atoms with Gasteiger partial charge >= 0.3 is 0 Å². The Labute approximate surface area is 148 Å². The molecule has 0 atom stereocenters. The average Bonchev–Trinajstić information content (AvgIpc) is 2.64. The van der Waals surface area contributed by atoms with Gasteiger partial charge in [-0.15, -0.1) is 0 Å². The first-order chi connectivity index (χ1) is 11.8. The van der Waals surface area contributed by atoms with Crippen molar-refractivity contribution in [3.8, 4) is 0 Å². The Bertz CT molecular complexity index is 349. The minimum atomic E-state index is 0.754. The van der Waals surface area contributed by atoms with Crippen molar-refractivity contribution in [2.24, 2.45) is 10.9 Å². The number of piperidine rings is 2. The van der Waals surface area contributed by atoms with Crippen LogP contribution in [0.15, 0.2) is 4.99 Å². The highest BCUT2D eigenvalue weighted by atomic mass is 16.5. The lowest BCUT2D eigenvalue weighted by molar-refractivity contribution is 0.121. The van der Waals surface area contributed by atoms with Crippen LogP contribution in [0.1, 0.15) is 32.1 Å². The number of ether oxygens (including phenoxy) is 1. The van der Waals surface area contributed by atoms with Crippen LogP contribution in [0.5, 0.6) is 0 Å². The van der Waals surface area contributed by atoms with Crippen LogP contribution in [-0.4, -0.2) is 88.9 Å². The molecule has 0 aliphatic carbocycles. The van der Waals surface area contributed by atoms with Gasteiger partial charge in [-0.1, -0.05) is 6.42 Å². The number of hydrogen-bond acceptors (Lipinski definition) is 4. The van der Waals surface area contributed by atoms with Gasteiger partial charge in [0.15, 0.2) is 5.96 Å². The summed E-state index contributed by atoms with van der Waals surface area (Å²) in [4.78, 5) is 9.42. The third-order valence-corrected chi connectivity index (χ3v) is 5.27. The second kappa shape index (κ2) is 11.7. The van der Waals surface area contributed by atoms with Crippen LogP contribution in [0, 0.1) is 5.92 Å². The maximum Gasteiger partial charge on any atom is 0.191 e. The Balaban J connectivity index is 1.55. The molecule has 6 heteroatoms. The summed E-state index contributed by atoms with van der Waals surface area (Å²) in [6, 6.07) is 0. The van der Waals surface area contributed by atoms with Crippen LogP contribution < -0.4 is 10.6 Å². The van der Waals surface area contributed by atoms with E-state index in [-0.39, 0.29) is 0 Å². The normalized spacial score (nSPS) is 21.8. The minimum absolute atomic E-state index is 0.754. The Morgan fingerprint density at radius 1 is 1.00 bits per heavy atom. The lowest BCUT2D eigenvalue weighted by atomic mass is 9.97.